The molecule has 3 nitrogen and oxygen atoms in total. The van der Waals surface area contributed by atoms with Crippen molar-refractivity contribution in [2.75, 3.05) is 19.6 Å². The third-order valence-electron chi connectivity index (χ3n) is 2.82. The van der Waals surface area contributed by atoms with E-state index in [2.05, 4.69) is 16.7 Å². The van der Waals surface area contributed by atoms with E-state index in [0.29, 0.717) is 10.1 Å². The summed E-state index contributed by atoms with van der Waals surface area (Å²) in [6.45, 7) is 2.26. The molecule has 1 amide bonds. The Hall–Kier alpha value is -0.950. The first-order chi connectivity index (χ1) is 8.68. The molecule has 1 heterocycles. The second-order valence-electron chi connectivity index (χ2n) is 4.10. The van der Waals surface area contributed by atoms with Gasteiger partial charge in [-0.25, -0.2) is 4.39 Å². The summed E-state index contributed by atoms with van der Waals surface area (Å²) in [6.07, 6.45) is 2.99. The molecule has 2 N–H and O–H groups in total. The summed E-state index contributed by atoms with van der Waals surface area (Å²) in [7, 11) is 0. The maximum absolute atomic E-state index is 13.6. The summed E-state index contributed by atoms with van der Waals surface area (Å²) in [4.78, 5) is 11.9. The molecule has 1 aliphatic rings. The number of benzene rings is 1. The third kappa shape index (κ3) is 3.29. The fourth-order valence-electron chi connectivity index (χ4n) is 1.83. The second kappa shape index (κ2) is 6.29. The van der Waals surface area contributed by atoms with Crippen LogP contribution in [0.25, 0.3) is 0 Å². The Morgan fingerprint density at radius 3 is 3.00 bits per heavy atom. The molecular weight excluding hydrogens is 346 g/mol. The predicted molar refractivity (Wildman–Crippen MR) is 77.0 cm³/mol. The first-order valence-corrected chi connectivity index (χ1v) is 6.87. The Labute approximate surface area is 119 Å². The van der Waals surface area contributed by atoms with E-state index in [-0.39, 0.29) is 11.5 Å². The Kier molecular flexibility index (Phi) is 4.71. The first-order valence-electron chi connectivity index (χ1n) is 5.79. The van der Waals surface area contributed by atoms with Crippen molar-refractivity contribution in [1.29, 1.82) is 0 Å². The van der Waals surface area contributed by atoms with Crippen molar-refractivity contribution in [3.63, 3.8) is 0 Å². The Balaban J connectivity index is 2.01. The zero-order valence-electron chi connectivity index (χ0n) is 9.80. The van der Waals surface area contributed by atoms with Gasteiger partial charge < -0.3 is 10.6 Å². The highest BCUT2D eigenvalue weighted by Gasteiger charge is 2.15. The van der Waals surface area contributed by atoms with Gasteiger partial charge in [-0.15, -0.1) is 0 Å². The third-order valence-corrected chi connectivity index (χ3v) is 3.72. The lowest BCUT2D eigenvalue weighted by Crippen LogP contribution is -2.30. The van der Waals surface area contributed by atoms with Crippen LogP contribution in [0.2, 0.25) is 0 Å². The van der Waals surface area contributed by atoms with Crippen LogP contribution in [-0.4, -0.2) is 25.5 Å². The van der Waals surface area contributed by atoms with Gasteiger partial charge in [0.15, 0.2) is 0 Å². The topological polar surface area (TPSA) is 41.1 Å². The Morgan fingerprint density at radius 2 is 2.33 bits per heavy atom. The zero-order chi connectivity index (χ0) is 13.0. The van der Waals surface area contributed by atoms with Crippen LogP contribution in [0.5, 0.6) is 0 Å². The Bertz CT molecular complexity index is 468. The highest BCUT2D eigenvalue weighted by atomic mass is 127. The van der Waals surface area contributed by atoms with Gasteiger partial charge in [0.1, 0.15) is 5.82 Å². The van der Waals surface area contributed by atoms with Crippen LogP contribution in [0.4, 0.5) is 4.39 Å². The maximum atomic E-state index is 13.6. The van der Waals surface area contributed by atoms with Crippen LogP contribution < -0.4 is 10.6 Å². The molecule has 5 heteroatoms. The lowest BCUT2D eigenvalue weighted by atomic mass is 10.1. The molecule has 0 aliphatic carbocycles. The van der Waals surface area contributed by atoms with Crippen molar-refractivity contribution in [2.45, 2.75) is 6.42 Å². The number of carbonyl (C=O) groups excluding carboxylic acids is 1. The fourth-order valence-corrected chi connectivity index (χ4v) is 2.54. The molecule has 0 saturated heterocycles. The highest BCUT2D eigenvalue weighted by Crippen LogP contribution is 2.15. The van der Waals surface area contributed by atoms with E-state index in [4.69, 9.17) is 0 Å². The smallest absolute Gasteiger partial charge is 0.255 e. The lowest BCUT2D eigenvalue weighted by Gasteiger charge is -2.15. The van der Waals surface area contributed by atoms with Crippen molar-refractivity contribution >= 4 is 28.5 Å². The van der Waals surface area contributed by atoms with Crippen LogP contribution in [0, 0.1) is 9.39 Å². The average molecular weight is 360 g/mol. The minimum absolute atomic E-state index is 0.132. The molecule has 1 aromatic carbocycles. The average Bonchev–Trinajstić information content (AvgIpc) is 2.37. The summed E-state index contributed by atoms with van der Waals surface area (Å²) in [5.41, 5.74) is 1.32. The van der Waals surface area contributed by atoms with Crippen molar-refractivity contribution in [1.82, 2.24) is 10.6 Å². The maximum Gasteiger partial charge on any atom is 0.255 e. The van der Waals surface area contributed by atoms with E-state index in [1.54, 1.807) is 12.1 Å². The van der Waals surface area contributed by atoms with E-state index in [0.717, 1.165) is 19.5 Å². The number of carbonyl (C=O) groups is 1. The summed E-state index contributed by atoms with van der Waals surface area (Å²) >= 11 is 1.97. The van der Waals surface area contributed by atoms with Crippen molar-refractivity contribution in [3.05, 3.63) is 44.8 Å². The van der Waals surface area contributed by atoms with E-state index >= 15 is 0 Å². The molecule has 0 atom stereocenters. The number of hydrogen-bond donors (Lipinski definition) is 2. The quantitative estimate of drug-likeness (QED) is 0.640. The van der Waals surface area contributed by atoms with Crippen LogP contribution in [0.3, 0.4) is 0 Å². The molecule has 1 aromatic rings. The van der Waals surface area contributed by atoms with Gasteiger partial charge in [-0.1, -0.05) is 17.7 Å². The van der Waals surface area contributed by atoms with Crippen LogP contribution in [0.1, 0.15) is 16.8 Å². The molecule has 0 unspecified atom stereocenters. The highest BCUT2D eigenvalue weighted by molar-refractivity contribution is 14.1. The van der Waals surface area contributed by atoms with Gasteiger partial charge in [-0.2, -0.15) is 0 Å². The van der Waals surface area contributed by atoms with E-state index in [1.807, 2.05) is 22.6 Å². The number of rotatable bonds is 3. The predicted octanol–water partition coefficient (Wildman–Crippen LogP) is 2.08. The normalized spacial score (nSPS) is 15.1. The molecule has 0 radical (unpaired) electrons. The van der Waals surface area contributed by atoms with Crippen LogP contribution in [0.15, 0.2) is 29.8 Å². The van der Waals surface area contributed by atoms with E-state index in [1.165, 1.54) is 11.6 Å². The summed E-state index contributed by atoms with van der Waals surface area (Å²) in [5.74, 6) is -0.823. The number of hydrogen-bond acceptors (Lipinski definition) is 2. The van der Waals surface area contributed by atoms with Crippen molar-refractivity contribution < 1.29 is 9.18 Å². The van der Waals surface area contributed by atoms with Crippen LogP contribution >= 0.6 is 22.6 Å². The van der Waals surface area contributed by atoms with Crippen molar-refractivity contribution in [2.24, 2.45) is 0 Å². The van der Waals surface area contributed by atoms with E-state index in [9.17, 15) is 9.18 Å². The van der Waals surface area contributed by atoms with Gasteiger partial charge in [-0.05, 0) is 47.7 Å². The van der Waals surface area contributed by atoms with Gasteiger partial charge in [0.25, 0.3) is 5.91 Å². The molecular formula is C13H14FIN2O. The van der Waals surface area contributed by atoms with Gasteiger partial charge in [0.05, 0.1) is 5.56 Å². The lowest BCUT2D eigenvalue weighted by molar-refractivity contribution is 0.0951. The molecule has 0 saturated carbocycles. The number of amides is 1. The number of nitrogens with one attached hydrogen (secondary N) is 2. The van der Waals surface area contributed by atoms with Gasteiger partial charge in [-0.3, -0.25) is 4.79 Å². The van der Waals surface area contributed by atoms with E-state index < -0.39 is 5.82 Å². The van der Waals surface area contributed by atoms with Gasteiger partial charge in [0.2, 0.25) is 0 Å². The molecule has 18 heavy (non-hydrogen) atoms. The SMILES string of the molecule is O=C(NCC1=CCNCC1)c1c(F)cccc1I. The minimum Gasteiger partial charge on any atom is -0.348 e. The first kappa shape index (κ1) is 13.5. The fraction of sp³-hybridized carbons (Fsp3) is 0.308. The van der Waals surface area contributed by atoms with Gasteiger partial charge in [0, 0.05) is 16.7 Å². The summed E-state index contributed by atoms with van der Waals surface area (Å²) in [6, 6.07) is 4.63. The summed E-state index contributed by atoms with van der Waals surface area (Å²) in [5, 5.41) is 5.97. The second-order valence-corrected chi connectivity index (χ2v) is 5.26. The standard InChI is InChI=1S/C13H14FIN2O/c14-10-2-1-3-11(15)12(10)13(18)17-8-9-4-6-16-7-5-9/h1-4,16H,5-8H2,(H,17,18). The molecule has 0 bridgehead atoms. The van der Waals surface area contributed by atoms with Gasteiger partial charge >= 0.3 is 0 Å². The van der Waals surface area contributed by atoms with Crippen molar-refractivity contribution in [3.8, 4) is 0 Å². The molecule has 0 aromatic heterocycles. The Morgan fingerprint density at radius 1 is 1.50 bits per heavy atom. The summed E-state index contributed by atoms with van der Waals surface area (Å²) < 4.78 is 14.2. The monoisotopic (exact) mass is 360 g/mol. The number of halogens is 2. The largest absolute Gasteiger partial charge is 0.348 e. The minimum atomic E-state index is -0.473. The molecule has 0 spiro atoms. The van der Waals surface area contributed by atoms with Crippen LogP contribution in [-0.2, 0) is 0 Å². The zero-order valence-corrected chi connectivity index (χ0v) is 12.0. The molecule has 0 fully saturated rings. The molecule has 1 aliphatic heterocycles. The molecule has 96 valence electrons. The molecule has 2 rings (SSSR count).